The molecular formula is C24H25ClF3N3O4. The summed E-state index contributed by atoms with van der Waals surface area (Å²) in [6, 6.07) is 17.8. The molecule has 0 unspecified atom stereocenters. The Hall–Kier alpha value is -3.24. The summed E-state index contributed by atoms with van der Waals surface area (Å²) in [7, 11) is 1.66. The number of benzene rings is 2. The number of carbonyl (C=O) groups is 1. The fraction of sp³-hybridized carbons (Fsp3) is 0.333. The van der Waals surface area contributed by atoms with Crippen LogP contribution in [0.4, 0.5) is 13.2 Å². The lowest BCUT2D eigenvalue weighted by atomic mass is 9.94. The Kier molecular flexibility index (Phi) is 8.63. The zero-order chi connectivity index (χ0) is 25.6. The van der Waals surface area contributed by atoms with Gasteiger partial charge in [-0.15, -0.1) is 5.10 Å². The van der Waals surface area contributed by atoms with E-state index in [4.69, 9.17) is 41.8 Å². The van der Waals surface area contributed by atoms with Crippen LogP contribution in [0, 0.1) is 0 Å². The molecule has 11 heteroatoms. The quantitative estimate of drug-likeness (QED) is 0.470. The van der Waals surface area contributed by atoms with Gasteiger partial charge in [-0.1, -0.05) is 35.9 Å². The lowest BCUT2D eigenvalue weighted by Gasteiger charge is -2.25. The molecule has 3 N–H and O–H groups in total. The molecule has 0 saturated heterocycles. The first-order valence-corrected chi connectivity index (χ1v) is 11.2. The summed E-state index contributed by atoms with van der Waals surface area (Å²) >= 11 is 6.07. The molecule has 1 aromatic heterocycles. The molecule has 0 bridgehead atoms. The van der Waals surface area contributed by atoms with Crippen molar-refractivity contribution in [2.75, 3.05) is 7.11 Å². The third-order valence-corrected chi connectivity index (χ3v) is 5.64. The van der Waals surface area contributed by atoms with E-state index in [2.05, 4.69) is 0 Å². The average molecular weight is 512 g/mol. The maximum Gasteiger partial charge on any atom is 0.490 e. The number of carboxylic acids is 1. The number of hydrogen-bond acceptors (Lipinski definition) is 5. The average Bonchev–Trinajstić information content (AvgIpc) is 3.24. The van der Waals surface area contributed by atoms with E-state index in [1.807, 2.05) is 59.3 Å². The molecule has 0 aliphatic heterocycles. The number of alkyl halides is 3. The molecule has 1 aliphatic rings. The van der Waals surface area contributed by atoms with Crippen LogP contribution in [0.3, 0.4) is 0 Å². The van der Waals surface area contributed by atoms with Gasteiger partial charge in [0.2, 0.25) is 5.88 Å². The molecule has 0 spiro atoms. The van der Waals surface area contributed by atoms with E-state index >= 15 is 0 Å². The zero-order valence-electron chi connectivity index (χ0n) is 18.8. The Balaban J connectivity index is 0.000000429. The maximum atomic E-state index is 10.6. The summed E-state index contributed by atoms with van der Waals surface area (Å²) in [6.07, 6.45) is -1.04. The lowest BCUT2D eigenvalue weighted by molar-refractivity contribution is -0.192. The SMILES string of the molecule is COc1ccccc1-n1nc(OC2CCC(N)CC2)cc1-c1ccc(Cl)cc1.O=C(O)C(F)(F)F. The number of ether oxygens (including phenoxy) is 2. The standard InChI is InChI=1S/C22H24ClN3O2.C2HF3O2/c1-27-21-5-3-2-4-19(21)26-20(15-6-8-16(23)9-7-15)14-22(25-26)28-18-12-10-17(24)11-13-18;3-2(4,5)1(6)7/h2-9,14,17-18H,10-13,24H2,1H3;(H,6,7). The normalized spacial score (nSPS) is 17.8. The van der Waals surface area contributed by atoms with Crippen molar-refractivity contribution >= 4 is 17.6 Å². The molecule has 1 fully saturated rings. The van der Waals surface area contributed by atoms with Crippen LogP contribution in [-0.2, 0) is 4.79 Å². The highest BCUT2D eigenvalue weighted by atomic mass is 35.5. The minimum absolute atomic E-state index is 0.152. The summed E-state index contributed by atoms with van der Waals surface area (Å²) in [6.45, 7) is 0. The molecule has 0 amide bonds. The minimum Gasteiger partial charge on any atom is -0.494 e. The van der Waals surface area contributed by atoms with Crippen molar-refractivity contribution in [2.45, 2.75) is 44.0 Å². The van der Waals surface area contributed by atoms with Gasteiger partial charge in [0.1, 0.15) is 17.5 Å². The van der Waals surface area contributed by atoms with Crippen LogP contribution >= 0.6 is 11.6 Å². The van der Waals surface area contributed by atoms with Gasteiger partial charge in [0.15, 0.2) is 0 Å². The van der Waals surface area contributed by atoms with Crippen LogP contribution < -0.4 is 15.2 Å². The third-order valence-electron chi connectivity index (χ3n) is 5.39. The highest BCUT2D eigenvalue weighted by molar-refractivity contribution is 6.30. The largest absolute Gasteiger partial charge is 0.494 e. The van der Waals surface area contributed by atoms with Gasteiger partial charge in [0.25, 0.3) is 0 Å². The van der Waals surface area contributed by atoms with Gasteiger partial charge in [0, 0.05) is 22.7 Å². The predicted octanol–water partition coefficient (Wildman–Crippen LogP) is 5.48. The number of methoxy groups -OCH3 is 1. The van der Waals surface area contributed by atoms with Crippen LogP contribution in [0.1, 0.15) is 25.7 Å². The minimum atomic E-state index is -5.08. The molecule has 188 valence electrons. The van der Waals surface area contributed by atoms with Gasteiger partial charge in [-0.25, -0.2) is 9.48 Å². The topological polar surface area (TPSA) is 99.6 Å². The van der Waals surface area contributed by atoms with Crippen LogP contribution in [0.25, 0.3) is 16.9 Å². The monoisotopic (exact) mass is 511 g/mol. The lowest BCUT2D eigenvalue weighted by Crippen LogP contribution is -2.31. The summed E-state index contributed by atoms with van der Waals surface area (Å²) in [5.41, 5.74) is 8.79. The first-order chi connectivity index (χ1) is 16.6. The third kappa shape index (κ3) is 7.12. The number of aromatic nitrogens is 2. The highest BCUT2D eigenvalue weighted by Gasteiger charge is 2.38. The zero-order valence-corrected chi connectivity index (χ0v) is 19.6. The van der Waals surface area contributed by atoms with Crippen molar-refractivity contribution < 1.29 is 32.5 Å². The number of nitrogens with zero attached hydrogens (tertiary/aromatic N) is 2. The summed E-state index contributed by atoms with van der Waals surface area (Å²) < 4.78 is 45.4. The number of nitrogens with two attached hydrogens (primary N) is 1. The van der Waals surface area contributed by atoms with Gasteiger partial charge < -0.3 is 20.3 Å². The fourth-order valence-electron chi connectivity index (χ4n) is 3.61. The van der Waals surface area contributed by atoms with E-state index < -0.39 is 12.1 Å². The van der Waals surface area contributed by atoms with Crippen molar-refractivity contribution in [1.82, 2.24) is 9.78 Å². The molecule has 1 saturated carbocycles. The second kappa shape index (κ2) is 11.5. The molecular weight excluding hydrogens is 487 g/mol. The molecule has 3 aromatic rings. The molecule has 2 aromatic carbocycles. The van der Waals surface area contributed by atoms with Gasteiger partial charge in [-0.05, 0) is 49.9 Å². The van der Waals surface area contributed by atoms with Crippen LogP contribution in [0.2, 0.25) is 5.02 Å². The highest BCUT2D eigenvalue weighted by Crippen LogP contribution is 2.33. The van der Waals surface area contributed by atoms with Crippen molar-refractivity contribution in [3.63, 3.8) is 0 Å². The Morgan fingerprint density at radius 3 is 2.29 bits per heavy atom. The Morgan fingerprint density at radius 1 is 1.11 bits per heavy atom. The molecule has 4 rings (SSSR count). The van der Waals surface area contributed by atoms with Gasteiger partial charge >= 0.3 is 12.1 Å². The van der Waals surface area contributed by atoms with Crippen LogP contribution in [0.15, 0.2) is 54.6 Å². The Labute approximate surface area is 205 Å². The molecule has 7 nitrogen and oxygen atoms in total. The fourth-order valence-corrected chi connectivity index (χ4v) is 3.73. The Morgan fingerprint density at radius 2 is 1.71 bits per heavy atom. The molecule has 0 atom stereocenters. The smallest absolute Gasteiger partial charge is 0.490 e. The molecule has 1 aliphatic carbocycles. The first kappa shape index (κ1) is 26.4. The molecule has 0 radical (unpaired) electrons. The van der Waals surface area contributed by atoms with Gasteiger partial charge in [0.05, 0.1) is 12.8 Å². The number of rotatable bonds is 5. The molecule has 1 heterocycles. The van der Waals surface area contributed by atoms with E-state index in [1.54, 1.807) is 7.11 Å². The number of carboxylic acid groups (broad SMARTS) is 1. The van der Waals surface area contributed by atoms with Crippen molar-refractivity contribution in [2.24, 2.45) is 5.73 Å². The summed E-state index contributed by atoms with van der Waals surface area (Å²) in [5.74, 6) is -1.40. The number of aliphatic carboxylic acids is 1. The first-order valence-electron chi connectivity index (χ1n) is 10.8. The van der Waals surface area contributed by atoms with E-state index in [9.17, 15) is 13.2 Å². The van der Waals surface area contributed by atoms with Gasteiger partial charge in [-0.3, -0.25) is 0 Å². The number of halogens is 4. The number of para-hydroxylation sites is 2. The second-order valence-corrected chi connectivity index (χ2v) is 8.35. The molecule has 35 heavy (non-hydrogen) atoms. The van der Waals surface area contributed by atoms with Crippen LogP contribution in [0.5, 0.6) is 11.6 Å². The van der Waals surface area contributed by atoms with Crippen molar-refractivity contribution in [3.05, 3.63) is 59.6 Å². The van der Waals surface area contributed by atoms with E-state index in [-0.39, 0.29) is 12.1 Å². The van der Waals surface area contributed by atoms with E-state index in [0.29, 0.717) is 10.9 Å². The number of hydrogen-bond donors (Lipinski definition) is 2. The predicted molar refractivity (Wildman–Crippen MR) is 125 cm³/mol. The second-order valence-electron chi connectivity index (χ2n) is 7.92. The van der Waals surface area contributed by atoms with Gasteiger partial charge in [-0.2, -0.15) is 13.2 Å². The summed E-state index contributed by atoms with van der Waals surface area (Å²) in [5, 5.41) is 12.6. The van der Waals surface area contributed by atoms with Crippen molar-refractivity contribution in [1.29, 1.82) is 0 Å². The van der Waals surface area contributed by atoms with E-state index in [1.165, 1.54) is 0 Å². The van der Waals surface area contributed by atoms with Crippen LogP contribution in [-0.4, -0.2) is 46.3 Å². The maximum absolute atomic E-state index is 10.6. The Bertz CT molecular complexity index is 1130. The van der Waals surface area contributed by atoms with E-state index in [0.717, 1.165) is 48.4 Å². The van der Waals surface area contributed by atoms with Crippen molar-refractivity contribution in [3.8, 4) is 28.6 Å². The summed E-state index contributed by atoms with van der Waals surface area (Å²) in [4.78, 5) is 8.90.